The number of aryl methyl sites for hydroxylation is 1. The van der Waals surface area contributed by atoms with Gasteiger partial charge in [-0.25, -0.2) is 4.98 Å². The number of hydrogen-bond acceptors (Lipinski definition) is 5. The van der Waals surface area contributed by atoms with Crippen molar-refractivity contribution in [1.29, 1.82) is 0 Å². The van der Waals surface area contributed by atoms with Crippen LogP contribution in [0.4, 0.5) is 0 Å². The molecule has 0 spiro atoms. The van der Waals surface area contributed by atoms with E-state index in [2.05, 4.69) is 37.8 Å². The quantitative estimate of drug-likeness (QED) is 0.334. The lowest BCUT2D eigenvalue weighted by molar-refractivity contribution is 0.954. The summed E-state index contributed by atoms with van der Waals surface area (Å²) in [6, 6.07) is 11.8. The maximum absolute atomic E-state index is 6.37. The molecule has 0 fully saturated rings. The van der Waals surface area contributed by atoms with Gasteiger partial charge in [0.05, 0.1) is 10.7 Å². The third kappa shape index (κ3) is 2.43. The Morgan fingerprint density at radius 2 is 2.04 bits per heavy atom. The van der Waals surface area contributed by atoms with Gasteiger partial charge in [-0.1, -0.05) is 29.0 Å². The number of fused-ring (bicyclic) bond motifs is 2. The molecule has 5 aromatic rings. The minimum absolute atomic E-state index is 0.667. The zero-order valence-electron chi connectivity index (χ0n) is 13.4. The summed E-state index contributed by atoms with van der Waals surface area (Å²) >= 11 is 10.1. The summed E-state index contributed by atoms with van der Waals surface area (Å²) in [5.74, 6) is 0.667. The predicted octanol–water partition coefficient (Wildman–Crippen LogP) is 4.73. The zero-order chi connectivity index (χ0) is 17.8. The van der Waals surface area contributed by atoms with E-state index in [-0.39, 0.29) is 0 Å². The molecule has 0 N–H and O–H groups in total. The Hall–Kier alpha value is -2.04. The van der Waals surface area contributed by atoms with E-state index >= 15 is 0 Å². The van der Waals surface area contributed by atoms with Gasteiger partial charge in [0.1, 0.15) is 16.3 Å². The molecule has 9 heteroatoms. The summed E-state index contributed by atoms with van der Waals surface area (Å²) in [4.78, 5) is 5.32. The monoisotopic (exact) mass is 492 g/mol. The molecule has 0 atom stereocenters. The summed E-state index contributed by atoms with van der Waals surface area (Å²) in [6.45, 7) is 1.97. The summed E-state index contributed by atoms with van der Waals surface area (Å²) in [6.07, 6.45) is 1.97. The van der Waals surface area contributed by atoms with Crippen molar-refractivity contribution in [2.75, 3.05) is 0 Å². The number of hydrogen-bond donors (Lipinski definition) is 0. The first kappa shape index (κ1) is 16.2. The fraction of sp³-hybridized carbons (Fsp3) is 0.0588. The van der Waals surface area contributed by atoms with Crippen LogP contribution in [0.25, 0.3) is 32.7 Å². The molecular formula is C17H10ClIN6S. The molecule has 0 amide bonds. The molecule has 0 aliphatic carbocycles. The second kappa shape index (κ2) is 6.00. The third-order valence-corrected chi connectivity index (χ3v) is 6.00. The van der Waals surface area contributed by atoms with E-state index in [1.165, 1.54) is 11.3 Å². The topological polar surface area (TPSA) is 60.4 Å². The highest BCUT2D eigenvalue weighted by atomic mass is 127. The minimum Gasteiger partial charge on any atom is -0.297 e. The van der Waals surface area contributed by atoms with Crippen molar-refractivity contribution in [3.05, 3.63) is 56.9 Å². The van der Waals surface area contributed by atoms with Gasteiger partial charge in [-0.2, -0.15) is 9.61 Å². The van der Waals surface area contributed by atoms with Crippen LogP contribution in [-0.2, 0) is 0 Å². The van der Waals surface area contributed by atoms with E-state index in [0.29, 0.717) is 10.8 Å². The van der Waals surface area contributed by atoms with Crippen LogP contribution >= 0.6 is 45.5 Å². The fourth-order valence-corrected chi connectivity index (χ4v) is 4.54. The van der Waals surface area contributed by atoms with Crippen LogP contribution in [0.3, 0.4) is 0 Å². The molecule has 0 saturated carbocycles. The lowest BCUT2D eigenvalue weighted by Gasteiger charge is -2.01. The Kier molecular flexibility index (Phi) is 3.73. The van der Waals surface area contributed by atoms with Gasteiger partial charge >= 0.3 is 0 Å². The lowest BCUT2D eigenvalue weighted by Crippen LogP contribution is -1.96. The van der Waals surface area contributed by atoms with Crippen molar-refractivity contribution < 1.29 is 0 Å². The van der Waals surface area contributed by atoms with E-state index in [0.717, 1.165) is 36.1 Å². The van der Waals surface area contributed by atoms with Crippen molar-refractivity contribution >= 4 is 56.1 Å². The molecule has 0 radical (unpaired) electrons. The highest BCUT2D eigenvalue weighted by Crippen LogP contribution is 2.34. The smallest absolute Gasteiger partial charge is 0.235 e. The number of pyridine rings is 1. The molecule has 0 aliphatic rings. The Morgan fingerprint density at radius 1 is 1.15 bits per heavy atom. The molecular weight excluding hydrogens is 483 g/mol. The Bertz CT molecular complexity index is 1290. The fourth-order valence-electron chi connectivity index (χ4n) is 2.92. The third-order valence-electron chi connectivity index (χ3n) is 4.07. The number of imidazole rings is 1. The highest BCUT2D eigenvalue weighted by Gasteiger charge is 2.20. The summed E-state index contributed by atoms with van der Waals surface area (Å²) < 4.78 is 4.87. The van der Waals surface area contributed by atoms with Gasteiger partial charge in [0.15, 0.2) is 0 Å². The van der Waals surface area contributed by atoms with Crippen LogP contribution < -0.4 is 0 Å². The molecule has 0 saturated heterocycles. The summed E-state index contributed by atoms with van der Waals surface area (Å²) in [7, 11) is 0. The molecule has 5 rings (SSSR count). The van der Waals surface area contributed by atoms with Crippen LogP contribution in [0.15, 0.2) is 42.6 Å². The van der Waals surface area contributed by atoms with Gasteiger partial charge in [0, 0.05) is 15.3 Å². The van der Waals surface area contributed by atoms with E-state index in [9.17, 15) is 0 Å². The second-order valence-electron chi connectivity index (χ2n) is 5.72. The van der Waals surface area contributed by atoms with Crippen LogP contribution in [0.2, 0.25) is 5.02 Å². The van der Waals surface area contributed by atoms with E-state index in [1.807, 2.05) is 53.9 Å². The van der Waals surface area contributed by atoms with Crippen molar-refractivity contribution in [2.24, 2.45) is 0 Å². The van der Waals surface area contributed by atoms with Crippen LogP contribution in [0.5, 0.6) is 0 Å². The van der Waals surface area contributed by atoms with Gasteiger partial charge in [-0.05, 0) is 59.8 Å². The molecule has 26 heavy (non-hydrogen) atoms. The average molecular weight is 493 g/mol. The largest absolute Gasteiger partial charge is 0.297 e. The minimum atomic E-state index is 0.667. The molecule has 1 aromatic carbocycles. The first-order valence-corrected chi connectivity index (χ1v) is 10.0. The second-order valence-corrected chi connectivity index (χ2v) is 8.33. The molecule has 128 valence electrons. The predicted molar refractivity (Wildman–Crippen MR) is 111 cm³/mol. The van der Waals surface area contributed by atoms with Gasteiger partial charge in [0.25, 0.3) is 0 Å². The normalized spacial score (nSPS) is 11.7. The lowest BCUT2D eigenvalue weighted by atomic mass is 10.2. The van der Waals surface area contributed by atoms with Crippen molar-refractivity contribution in [2.45, 2.75) is 6.92 Å². The molecule has 4 heterocycles. The van der Waals surface area contributed by atoms with Gasteiger partial charge < -0.3 is 0 Å². The standard InChI is InChI=1S/C17H10ClIN6S/c1-9-14(24-7-3-2-4-13(24)20-9)15-21-22-17-25(15)23-16(26-17)11-8-10(19)5-6-12(11)18/h2-8H,1H3. The first-order chi connectivity index (χ1) is 12.6. The average Bonchev–Trinajstić information content (AvgIpc) is 3.29. The molecule has 0 bridgehead atoms. The number of nitrogens with zero attached hydrogens (tertiary/aromatic N) is 6. The number of benzene rings is 1. The highest BCUT2D eigenvalue weighted by molar-refractivity contribution is 14.1. The molecule has 4 aromatic heterocycles. The SMILES string of the molecule is Cc1nc2ccccn2c1-c1nnc2sc(-c3cc(I)ccc3Cl)nn12. The van der Waals surface area contributed by atoms with Crippen molar-refractivity contribution in [1.82, 2.24) is 29.2 Å². The zero-order valence-corrected chi connectivity index (χ0v) is 17.1. The Labute approximate surface area is 170 Å². The van der Waals surface area contributed by atoms with E-state index < -0.39 is 0 Å². The molecule has 0 aliphatic heterocycles. The van der Waals surface area contributed by atoms with Crippen LogP contribution in [0.1, 0.15) is 5.69 Å². The van der Waals surface area contributed by atoms with Crippen LogP contribution in [0, 0.1) is 10.5 Å². The van der Waals surface area contributed by atoms with Gasteiger partial charge in [-0.15, -0.1) is 10.2 Å². The molecule has 6 nitrogen and oxygen atoms in total. The van der Waals surface area contributed by atoms with E-state index in [1.54, 1.807) is 4.52 Å². The Morgan fingerprint density at radius 3 is 2.92 bits per heavy atom. The number of aromatic nitrogens is 6. The summed E-state index contributed by atoms with van der Waals surface area (Å²) in [5, 5.41) is 14.9. The van der Waals surface area contributed by atoms with Gasteiger partial charge in [-0.3, -0.25) is 4.40 Å². The van der Waals surface area contributed by atoms with Crippen molar-refractivity contribution in [3.8, 4) is 22.1 Å². The number of halogens is 2. The first-order valence-electron chi connectivity index (χ1n) is 7.73. The van der Waals surface area contributed by atoms with Crippen LogP contribution in [-0.4, -0.2) is 29.2 Å². The van der Waals surface area contributed by atoms with E-state index in [4.69, 9.17) is 16.7 Å². The van der Waals surface area contributed by atoms with Gasteiger partial charge in [0.2, 0.25) is 10.8 Å². The molecule has 0 unspecified atom stereocenters. The summed E-state index contributed by atoms with van der Waals surface area (Å²) in [5.41, 5.74) is 3.54. The van der Waals surface area contributed by atoms with Crippen molar-refractivity contribution in [3.63, 3.8) is 0 Å². The Balaban J connectivity index is 1.74. The number of rotatable bonds is 2. The maximum atomic E-state index is 6.37. The maximum Gasteiger partial charge on any atom is 0.235 e.